The Bertz CT molecular complexity index is 1250. The van der Waals surface area contributed by atoms with Gasteiger partial charge in [0, 0.05) is 16.5 Å². The van der Waals surface area contributed by atoms with Crippen molar-refractivity contribution in [2.24, 2.45) is 11.7 Å². The number of amides is 3. The van der Waals surface area contributed by atoms with Gasteiger partial charge >= 0.3 is 0 Å². The summed E-state index contributed by atoms with van der Waals surface area (Å²) in [5, 5.41) is 6.37. The number of imide groups is 1. The van der Waals surface area contributed by atoms with E-state index in [4.69, 9.17) is 5.73 Å². The number of halogens is 1. The van der Waals surface area contributed by atoms with Crippen molar-refractivity contribution in [3.63, 3.8) is 0 Å². The van der Waals surface area contributed by atoms with Gasteiger partial charge in [-0.05, 0) is 35.9 Å². The summed E-state index contributed by atoms with van der Waals surface area (Å²) >= 11 is 1.23. The van der Waals surface area contributed by atoms with Gasteiger partial charge in [-0.3, -0.25) is 14.4 Å². The number of carbonyl (C=O) groups is 3. The summed E-state index contributed by atoms with van der Waals surface area (Å²) in [6.07, 6.45) is 0.759. The van der Waals surface area contributed by atoms with Gasteiger partial charge in [0.1, 0.15) is 17.7 Å². The first kappa shape index (κ1) is 23.6. The molecule has 0 aliphatic carbocycles. The van der Waals surface area contributed by atoms with Crippen LogP contribution in [-0.4, -0.2) is 28.7 Å². The molecule has 0 bridgehead atoms. The average molecular weight is 481 g/mol. The summed E-state index contributed by atoms with van der Waals surface area (Å²) in [4.78, 5) is 41.1. The lowest BCUT2D eigenvalue weighted by molar-refractivity contribution is -0.132. The van der Waals surface area contributed by atoms with Crippen molar-refractivity contribution in [2.45, 2.75) is 32.5 Å². The Morgan fingerprint density at radius 2 is 1.85 bits per heavy atom. The third kappa shape index (κ3) is 4.71. The molecule has 4 N–H and O–H groups in total. The molecule has 9 heteroatoms. The van der Waals surface area contributed by atoms with Crippen LogP contribution in [0.25, 0.3) is 10.1 Å². The van der Waals surface area contributed by atoms with Crippen LogP contribution in [0.4, 0.5) is 4.39 Å². The molecule has 0 spiro atoms. The topological polar surface area (TPSA) is 105 Å². The minimum absolute atomic E-state index is 0.109. The lowest BCUT2D eigenvalue weighted by atomic mass is 10.0. The van der Waals surface area contributed by atoms with Crippen molar-refractivity contribution >= 4 is 39.1 Å². The molecule has 1 aliphatic heterocycles. The normalized spacial score (nSPS) is 16.6. The number of rotatable bonds is 6. The van der Waals surface area contributed by atoms with Gasteiger partial charge in [0.05, 0.1) is 10.9 Å². The molecule has 4 rings (SSSR count). The lowest BCUT2D eigenvalue weighted by Gasteiger charge is -2.31. The molecule has 1 aromatic heterocycles. The SMILES string of the molecule is CC(C)C[C@H](N)C(=O)N(C(=O)c1cc2ccccc2s1)C1=CNC(c2ccccc2F)NC1=O. The first-order valence-electron chi connectivity index (χ1n) is 10.9. The smallest absolute Gasteiger partial charge is 0.275 e. The van der Waals surface area contributed by atoms with Crippen molar-refractivity contribution < 1.29 is 18.8 Å². The molecule has 7 nitrogen and oxygen atoms in total. The van der Waals surface area contributed by atoms with Gasteiger partial charge in [-0.1, -0.05) is 50.2 Å². The lowest BCUT2D eigenvalue weighted by Crippen LogP contribution is -2.53. The third-order valence-electron chi connectivity index (χ3n) is 5.45. The van der Waals surface area contributed by atoms with Crippen LogP contribution < -0.4 is 16.4 Å². The maximum absolute atomic E-state index is 14.2. The molecule has 3 amide bonds. The molecule has 1 aliphatic rings. The molecule has 2 atom stereocenters. The summed E-state index contributed by atoms with van der Waals surface area (Å²) in [5.74, 6) is -2.39. The number of thiophene rings is 1. The number of nitrogens with zero attached hydrogens (tertiary/aromatic N) is 1. The fourth-order valence-electron chi connectivity index (χ4n) is 3.82. The largest absolute Gasteiger partial charge is 0.366 e. The van der Waals surface area contributed by atoms with E-state index in [1.54, 1.807) is 18.2 Å². The zero-order valence-electron chi connectivity index (χ0n) is 18.7. The van der Waals surface area contributed by atoms with Crippen molar-refractivity contribution in [2.75, 3.05) is 0 Å². The Hall–Kier alpha value is -3.56. The van der Waals surface area contributed by atoms with Gasteiger partial charge in [-0.2, -0.15) is 0 Å². The number of carbonyl (C=O) groups excluding carboxylic acids is 3. The predicted octanol–water partition coefficient (Wildman–Crippen LogP) is 3.64. The van der Waals surface area contributed by atoms with Crippen molar-refractivity contribution in [3.05, 3.63) is 82.8 Å². The summed E-state index contributed by atoms with van der Waals surface area (Å²) < 4.78 is 15.1. The molecule has 2 heterocycles. The second-order valence-electron chi connectivity index (χ2n) is 8.49. The molecule has 1 unspecified atom stereocenters. The third-order valence-corrected chi connectivity index (χ3v) is 6.56. The van der Waals surface area contributed by atoms with Crippen LogP contribution in [0.5, 0.6) is 0 Å². The molecule has 176 valence electrons. The first-order valence-corrected chi connectivity index (χ1v) is 11.7. The predicted molar refractivity (Wildman–Crippen MR) is 129 cm³/mol. The van der Waals surface area contributed by atoms with Crippen molar-refractivity contribution in [1.29, 1.82) is 0 Å². The maximum Gasteiger partial charge on any atom is 0.275 e. The standard InChI is InChI=1S/C25H25FN4O3S/c1-14(2)11-18(27)24(32)30(25(33)21-12-15-7-3-6-10-20(15)34-21)19-13-28-22(29-23(19)31)16-8-4-5-9-17(16)26/h3-10,12-14,18,22,28H,11,27H2,1-2H3,(H,29,31)/t18-,22?/m0/s1. The molecule has 3 aromatic rings. The molecule has 0 saturated heterocycles. The molecular weight excluding hydrogens is 455 g/mol. The monoisotopic (exact) mass is 480 g/mol. The van der Waals surface area contributed by atoms with Crippen LogP contribution in [0.1, 0.15) is 41.7 Å². The van der Waals surface area contributed by atoms with Gasteiger partial charge < -0.3 is 16.4 Å². The van der Waals surface area contributed by atoms with Crippen LogP contribution in [0.2, 0.25) is 0 Å². The van der Waals surface area contributed by atoms with Crippen LogP contribution in [0.15, 0.2) is 66.5 Å². The number of benzene rings is 2. The summed E-state index contributed by atoms with van der Waals surface area (Å²) in [5.41, 5.74) is 6.17. The number of nitrogens with one attached hydrogen (secondary N) is 2. The zero-order valence-corrected chi connectivity index (χ0v) is 19.6. The highest BCUT2D eigenvalue weighted by atomic mass is 32.1. The Morgan fingerprint density at radius 1 is 1.15 bits per heavy atom. The second-order valence-corrected chi connectivity index (χ2v) is 9.57. The second kappa shape index (κ2) is 9.74. The van der Waals surface area contributed by atoms with E-state index < -0.39 is 35.7 Å². The summed E-state index contributed by atoms with van der Waals surface area (Å²) in [6.45, 7) is 3.83. The fraction of sp³-hybridized carbons (Fsp3) is 0.240. The van der Waals surface area contributed by atoms with E-state index in [1.807, 2.05) is 38.1 Å². The van der Waals surface area contributed by atoms with E-state index in [1.165, 1.54) is 29.7 Å². The van der Waals surface area contributed by atoms with E-state index >= 15 is 0 Å². The molecule has 0 fully saturated rings. The quantitative estimate of drug-likeness (QED) is 0.500. The molecule has 0 saturated carbocycles. The zero-order chi connectivity index (χ0) is 24.4. The first-order chi connectivity index (χ1) is 16.3. The van der Waals surface area contributed by atoms with E-state index in [0.29, 0.717) is 11.3 Å². The Kier molecular flexibility index (Phi) is 6.76. The fourth-order valence-corrected chi connectivity index (χ4v) is 4.81. The number of nitrogens with two attached hydrogens (primary N) is 1. The number of hydrogen-bond acceptors (Lipinski definition) is 6. The van der Waals surface area contributed by atoms with Crippen molar-refractivity contribution in [1.82, 2.24) is 15.5 Å². The highest BCUT2D eigenvalue weighted by molar-refractivity contribution is 7.20. The van der Waals surface area contributed by atoms with E-state index in [2.05, 4.69) is 10.6 Å². The maximum atomic E-state index is 14.2. The molecule has 34 heavy (non-hydrogen) atoms. The highest BCUT2D eigenvalue weighted by Gasteiger charge is 2.37. The molecular formula is C25H25FN4O3S. The summed E-state index contributed by atoms with van der Waals surface area (Å²) in [7, 11) is 0. The summed E-state index contributed by atoms with van der Waals surface area (Å²) in [6, 6.07) is 14.2. The van der Waals surface area contributed by atoms with E-state index in [0.717, 1.165) is 15.0 Å². The van der Waals surface area contributed by atoms with Gasteiger partial charge in [0.2, 0.25) is 0 Å². The average Bonchev–Trinajstić information content (AvgIpc) is 3.24. The number of fused-ring (bicyclic) bond motifs is 1. The molecule has 2 aromatic carbocycles. The van der Waals surface area contributed by atoms with Gasteiger partial charge in [0.25, 0.3) is 17.7 Å². The van der Waals surface area contributed by atoms with E-state index in [-0.39, 0.29) is 17.2 Å². The van der Waals surface area contributed by atoms with Crippen LogP contribution in [0.3, 0.4) is 0 Å². The van der Waals surface area contributed by atoms with Crippen LogP contribution in [0, 0.1) is 11.7 Å². The number of hydrogen-bond donors (Lipinski definition) is 3. The van der Waals surface area contributed by atoms with Crippen LogP contribution >= 0.6 is 11.3 Å². The molecule has 0 radical (unpaired) electrons. The Balaban J connectivity index is 1.70. The van der Waals surface area contributed by atoms with Gasteiger partial charge in [0.15, 0.2) is 0 Å². The Labute approximate surface area is 200 Å². The minimum Gasteiger partial charge on any atom is -0.366 e. The highest BCUT2D eigenvalue weighted by Crippen LogP contribution is 2.28. The Morgan fingerprint density at radius 3 is 2.53 bits per heavy atom. The van der Waals surface area contributed by atoms with Gasteiger partial charge in [-0.25, -0.2) is 9.29 Å². The van der Waals surface area contributed by atoms with Crippen LogP contribution in [-0.2, 0) is 9.59 Å². The van der Waals surface area contributed by atoms with Gasteiger partial charge in [-0.15, -0.1) is 11.3 Å². The van der Waals surface area contributed by atoms with Crippen molar-refractivity contribution in [3.8, 4) is 0 Å². The van der Waals surface area contributed by atoms with E-state index in [9.17, 15) is 18.8 Å². The minimum atomic E-state index is -0.976.